The Balaban J connectivity index is 1.87. The van der Waals surface area contributed by atoms with Gasteiger partial charge in [0.05, 0.1) is 13.2 Å². The van der Waals surface area contributed by atoms with Crippen LogP contribution in [0.3, 0.4) is 0 Å². The summed E-state index contributed by atoms with van der Waals surface area (Å²) in [6.07, 6.45) is 1.06. The summed E-state index contributed by atoms with van der Waals surface area (Å²) in [7, 11) is 1.58. The summed E-state index contributed by atoms with van der Waals surface area (Å²) >= 11 is 0. The molecule has 0 saturated carbocycles. The Morgan fingerprint density at radius 3 is 2.24 bits per heavy atom. The lowest BCUT2D eigenvalue weighted by atomic mass is 10.00. The topological polar surface area (TPSA) is 47.6 Å². The second-order valence-corrected chi connectivity index (χ2v) is 6.57. The summed E-state index contributed by atoms with van der Waals surface area (Å²) in [6.45, 7) is 6.34. The minimum absolute atomic E-state index is 0.0455. The van der Waals surface area contributed by atoms with Gasteiger partial charge in [-0.3, -0.25) is 4.79 Å². The summed E-state index contributed by atoms with van der Waals surface area (Å²) in [5, 5.41) is 2.96. The highest BCUT2D eigenvalue weighted by molar-refractivity contribution is 5.78. The second kappa shape index (κ2) is 9.11. The van der Waals surface area contributed by atoms with Crippen LogP contribution in [-0.2, 0) is 11.2 Å². The van der Waals surface area contributed by atoms with Gasteiger partial charge in [-0.15, -0.1) is 0 Å². The van der Waals surface area contributed by atoms with Gasteiger partial charge in [-0.1, -0.05) is 50.2 Å². The van der Waals surface area contributed by atoms with Crippen LogP contribution in [0.15, 0.2) is 48.5 Å². The molecule has 4 nitrogen and oxygen atoms in total. The molecule has 0 spiro atoms. The Bertz CT molecular complexity index is 680. The Morgan fingerprint density at radius 1 is 1.00 bits per heavy atom. The molecular formula is C21H27NO3. The molecule has 4 heteroatoms. The number of hydrogen-bond donors (Lipinski definition) is 1. The van der Waals surface area contributed by atoms with Gasteiger partial charge in [-0.05, 0) is 42.5 Å². The van der Waals surface area contributed by atoms with Crippen molar-refractivity contribution in [1.29, 1.82) is 0 Å². The van der Waals surface area contributed by atoms with Gasteiger partial charge in [0.2, 0.25) is 0 Å². The molecule has 0 saturated heterocycles. The second-order valence-electron chi connectivity index (χ2n) is 6.57. The molecule has 2 aromatic rings. The number of methoxy groups -OCH3 is 1. The van der Waals surface area contributed by atoms with Crippen LogP contribution in [0.2, 0.25) is 0 Å². The van der Waals surface area contributed by atoms with E-state index in [2.05, 4.69) is 43.4 Å². The lowest BCUT2D eigenvalue weighted by Crippen LogP contribution is -2.31. The molecule has 0 aliphatic heterocycles. The maximum atomic E-state index is 12.1. The van der Waals surface area contributed by atoms with Crippen LogP contribution < -0.4 is 14.8 Å². The Morgan fingerprint density at radius 2 is 1.64 bits per heavy atom. The van der Waals surface area contributed by atoms with Gasteiger partial charge in [-0.25, -0.2) is 0 Å². The van der Waals surface area contributed by atoms with Crippen molar-refractivity contribution in [3.8, 4) is 11.5 Å². The van der Waals surface area contributed by atoms with Crippen LogP contribution in [0.25, 0.3) is 0 Å². The molecule has 1 N–H and O–H groups in total. The van der Waals surface area contributed by atoms with E-state index in [1.807, 2.05) is 19.1 Å². The summed E-state index contributed by atoms with van der Waals surface area (Å²) in [5.41, 5.74) is 2.40. The van der Waals surface area contributed by atoms with E-state index in [0.29, 0.717) is 17.4 Å². The maximum Gasteiger partial charge on any atom is 0.258 e. The van der Waals surface area contributed by atoms with Gasteiger partial charge in [0.15, 0.2) is 18.1 Å². The van der Waals surface area contributed by atoms with E-state index in [4.69, 9.17) is 9.47 Å². The molecule has 0 aliphatic rings. The van der Waals surface area contributed by atoms with Crippen molar-refractivity contribution in [3.05, 3.63) is 59.7 Å². The highest BCUT2D eigenvalue weighted by Gasteiger charge is 2.11. The van der Waals surface area contributed by atoms with Gasteiger partial charge in [-0.2, -0.15) is 0 Å². The predicted octanol–water partition coefficient (Wildman–Crippen LogP) is 4.15. The quantitative estimate of drug-likeness (QED) is 0.784. The van der Waals surface area contributed by atoms with Crippen molar-refractivity contribution >= 4 is 5.91 Å². The van der Waals surface area contributed by atoms with Crippen molar-refractivity contribution in [2.24, 2.45) is 5.92 Å². The summed E-state index contributed by atoms with van der Waals surface area (Å²) in [5.74, 6) is 1.65. The molecule has 134 valence electrons. The molecule has 0 fully saturated rings. The van der Waals surface area contributed by atoms with Crippen molar-refractivity contribution < 1.29 is 14.3 Å². The SMILES string of the molecule is COc1ccccc1OCC(=O)NC(C)c1ccc(CC(C)C)cc1. The van der Waals surface area contributed by atoms with E-state index in [0.717, 1.165) is 12.0 Å². The molecule has 1 atom stereocenters. The van der Waals surface area contributed by atoms with Crippen LogP contribution in [0, 0.1) is 5.92 Å². The van der Waals surface area contributed by atoms with Gasteiger partial charge >= 0.3 is 0 Å². The fourth-order valence-corrected chi connectivity index (χ4v) is 2.66. The number of rotatable bonds is 8. The molecule has 1 unspecified atom stereocenters. The maximum absolute atomic E-state index is 12.1. The Labute approximate surface area is 150 Å². The number of carbonyl (C=O) groups is 1. The average molecular weight is 341 g/mol. The standard InChI is InChI=1S/C21H27NO3/c1-15(2)13-17-9-11-18(12-10-17)16(3)22-21(23)14-25-20-8-6-5-7-19(20)24-4/h5-12,15-16H,13-14H2,1-4H3,(H,22,23). The third kappa shape index (κ3) is 5.82. The molecule has 1 amide bonds. The van der Waals surface area contributed by atoms with Crippen molar-refractivity contribution in [1.82, 2.24) is 5.32 Å². The van der Waals surface area contributed by atoms with E-state index in [-0.39, 0.29) is 18.6 Å². The van der Waals surface area contributed by atoms with Gasteiger partial charge in [0, 0.05) is 0 Å². The highest BCUT2D eigenvalue weighted by Crippen LogP contribution is 2.25. The number of ether oxygens (including phenoxy) is 2. The van der Waals surface area contributed by atoms with E-state index >= 15 is 0 Å². The predicted molar refractivity (Wildman–Crippen MR) is 100 cm³/mol. The monoisotopic (exact) mass is 341 g/mol. The van der Waals surface area contributed by atoms with E-state index in [1.54, 1.807) is 19.2 Å². The number of para-hydroxylation sites is 2. The largest absolute Gasteiger partial charge is 0.493 e. The first-order valence-electron chi connectivity index (χ1n) is 8.63. The van der Waals surface area contributed by atoms with E-state index < -0.39 is 0 Å². The number of amides is 1. The number of nitrogens with one attached hydrogen (secondary N) is 1. The van der Waals surface area contributed by atoms with Crippen LogP contribution in [0.1, 0.15) is 37.9 Å². The lowest BCUT2D eigenvalue weighted by molar-refractivity contribution is -0.123. The normalized spacial score (nSPS) is 11.9. The van der Waals surface area contributed by atoms with Crippen LogP contribution in [0.5, 0.6) is 11.5 Å². The summed E-state index contributed by atoms with van der Waals surface area (Å²) in [4.78, 5) is 12.1. The fourth-order valence-electron chi connectivity index (χ4n) is 2.66. The van der Waals surface area contributed by atoms with Crippen LogP contribution in [-0.4, -0.2) is 19.6 Å². The molecule has 2 aromatic carbocycles. The van der Waals surface area contributed by atoms with E-state index in [9.17, 15) is 4.79 Å². The number of benzene rings is 2. The highest BCUT2D eigenvalue weighted by atomic mass is 16.5. The molecule has 0 heterocycles. The molecule has 0 radical (unpaired) electrons. The molecular weight excluding hydrogens is 314 g/mol. The van der Waals surface area contributed by atoms with Crippen LogP contribution in [0.4, 0.5) is 0 Å². The first-order valence-corrected chi connectivity index (χ1v) is 8.63. The zero-order valence-corrected chi connectivity index (χ0v) is 15.4. The minimum atomic E-state index is -0.162. The summed E-state index contributed by atoms with van der Waals surface area (Å²) in [6, 6.07) is 15.6. The first-order chi connectivity index (χ1) is 12.0. The van der Waals surface area contributed by atoms with Crippen molar-refractivity contribution in [3.63, 3.8) is 0 Å². The van der Waals surface area contributed by atoms with Crippen molar-refractivity contribution in [2.45, 2.75) is 33.2 Å². The third-order valence-corrected chi connectivity index (χ3v) is 3.93. The fraction of sp³-hybridized carbons (Fsp3) is 0.381. The van der Waals surface area contributed by atoms with Gasteiger partial charge < -0.3 is 14.8 Å². The Hall–Kier alpha value is -2.49. The average Bonchev–Trinajstić information content (AvgIpc) is 2.60. The number of carbonyl (C=O) groups excluding carboxylic acids is 1. The molecule has 2 rings (SSSR count). The number of hydrogen-bond acceptors (Lipinski definition) is 3. The zero-order valence-electron chi connectivity index (χ0n) is 15.4. The molecule has 0 bridgehead atoms. The van der Waals surface area contributed by atoms with E-state index in [1.165, 1.54) is 5.56 Å². The lowest BCUT2D eigenvalue weighted by Gasteiger charge is -2.16. The molecule has 25 heavy (non-hydrogen) atoms. The van der Waals surface area contributed by atoms with Gasteiger partial charge in [0.25, 0.3) is 5.91 Å². The minimum Gasteiger partial charge on any atom is -0.493 e. The first kappa shape index (κ1) is 18.8. The summed E-state index contributed by atoms with van der Waals surface area (Å²) < 4.78 is 10.8. The van der Waals surface area contributed by atoms with Crippen molar-refractivity contribution in [2.75, 3.05) is 13.7 Å². The van der Waals surface area contributed by atoms with Gasteiger partial charge in [0.1, 0.15) is 0 Å². The molecule has 0 aromatic heterocycles. The molecule has 0 aliphatic carbocycles. The van der Waals surface area contributed by atoms with Crippen LogP contribution >= 0.6 is 0 Å². The smallest absolute Gasteiger partial charge is 0.258 e. The third-order valence-electron chi connectivity index (χ3n) is 3.93. The Kier molecular flexibility index (Phi) is 6.87. The zero-order chi connectivity index (χ0) is 18.2.